The highest BCUT2D eigenvalue weighted by atomic mass is 16.5. The molecule has 0 bridgehead atoms. The highest BCUT2D eigenvalue weighted by molar-refractivity contribution is 6.38. The zero-order valence-electron chi connectivity index (χ0n) is 7.31. The van der Waals surface area contributed by atoms with Gasteiger partial charge in [-0.3, -0.25) is 0 Å². The summed E-state index contributed by atoms with van der Waals surface area (Å²) in [6.45, 7) is 0.319. The van der Waals surface area contributed by atoms with Gasteiger partial charge in [-0.25, -0.2) is 0 Å². The molecular weight excluding hydrogens is 162 g/mol. The molecule has 0 aliphatic rings. The summed E-state index contributed by atoms with van der Waals surface area (Å²) in [5.74, 6) is 0. The van der Waals surface area contributed by atoms with E-state index in [4.69, 9.17) is 25.5 Å². The van der Waals surface area contributed by atoms with Gasteiger partial charge in [0, 0.05) is 5.40 Å². The largest absolute Gasteiger partial charge is 0.407 e. The fourth-order valence-corrected chi connectivity index (χ4v) is 0.907. The molecule has 4 radical (unpaired) electrons. The molecule has 1 rings (SSSR count). The van der Waals surface area contributed by atoms with Crippen molar-refractivity contribution in [1.29, 1.82) is 0 Å². The Labute approximate surface area is 80.7 Å². The van der Waals surface area contributed by atoms with Gasteiger partial charge in [0.15, 0.2) is 0 Å². The van der Waals surface area contributed by atoms with E-state index in [1.807, 2.05) is 30.3 Å². The van der Waals surface area contributed by atoms with Gasteiger partial charge in [-0.2, -0.15) is 0 Å². The topological polar surface area (TPSA) is 29.5 Å². The van der Waals surface area contributed by atoms with Crippen molar-refractivity contribution < 1.29 is 9.84 Å². The van der Waals surface area contributed by atoms with E-state index >= 15 is 0 Å². The molecule has 0 aliphatic heterocycles. The molecule has 64 valence electrons. The smallest absolute Gasteiger partial charge is 0.102 e. The van der Waals surface area contributed by atoms with Crippen LogP contribution in [0.1, 0.15) is 5.56 Å². The number of hydrogen-bond acceptors (Lipinski definition) is 2. The van der Waals surface area contributed by atoms with Crippen molar-refractivity contribution in [2.75, 3.05) is 6.61 Å². The molecule has 13 heavy (non-hydrogen) atoms. The molecule has 0 aromatic heterocycles. The fourth-order valence-electron chi connectivity index (χ4n) is 0.907. The maximum Gasteiger partial charge on any atom is 0.102 e. The minimum Gasteiger partial charge on any atom is -0.407 e. The average molecular weight is 172 g/mol. The van der Waals surface area contributed by atoms with E-state index in [2.05, 4.69) is 0 Å². The van der Waals surface area contributed by atoms with Crippen LogP contribution in [0.15, 0.2) is 30.3 Å². The summed E-state index contributed by atoms with van der Waals surface area (Å²) in [5.41, 5.74) is 1.02. The van der Waals surface area contributed by atoms with Crippen LogP contribution in [0, 0.1) is 0 Å². The minimum absolute atomic E-state index is 0.0815. The normalized spacial score (nSPS) is 11.5. The van der Waals surface area contributed by atoms with E-state index in [9.17, 15) is 0 Å². The lowest BCUT2D eigenvalue weighted by Crippen LogP contribution is -2.35. The van der Waals surface area contributed by atoms with Gasteiger partial charge in [0.2, 0.25) is 0 Å². The predicted molar refractivity (Wildman–Crippen MR) is 52.6 cm³/mol. The first-order valence-corrected chi connectivity index (χ1v) is 4.00. The van der Waals surface area contributed by atoms with E-state index in [0.717, 1.165) is 5.56 Å². The van der Waals surface area contributed by atoms with Gasteiger partial charge in [-0.1, -0.05) is 30.3 Å². The maximum atomic E-state index is 8.93. The molecule has 1 aromatic rings. The molecule has 0 amide bonds. The van der Waals surface area contributed by atoms with Crippen molar-refractivity contribution in [3.63, 3.8) is 0 Å². The Hall–Kier alpha value is -0.730. The zero-order valence-corrected chi connectivity index (χ0v) is 7.31. The zero-order chi connectivity index (χ0) is 9.73. The molecule has 0 unspecified atom stereocenters. The second-order valence-corrected chi connectivity index (χ2v) is 2.97. The van der Waals surface area contributed by atoms with Crippen molar-refractivity contribution in [3.05, 3.63) is 35.9 Å². The van der Waals surface area contributed by atoms with Gasteiger partial charge in [0.1, 0.15) is 15.7 Å². The van der Waals surface area contributed by atoms with Gasteiger partial charge in [0.05, 0.1) is 13.2 Å². The SMILES string of the molecule is [B]C([B])(O)COCc1ccccc1. The van der Waals surface area contributed by atoms with Crippen molar-refractivity contribution in [2.45, 2.75) is 12.0 Å². The summed E-state index contributed by atoms with van der Waals surface area (Å²) in [6.07, 6.45) is 0. The summed E-state index contributed by atoms with van der Waals surface area (Å²) < 4.78 is 5.08. The Balaban J connectivity index is 2.29. The predicted octanol–water partition coefficient (Wildman–Crippen LogP) is 0.186. The highest BCUT2D eigenvalue weighted by Crippen LogP contribution is 2.02. The highest BCUT2D eigenvalue weighted by Gasteiger charge is 2.10. The van der Waals surface area contributed by atoms with Crippen LogP contribution >= 0.6 is 0 Å². The van der Waals surface area contributed by atoms with E-state index in [0.29, 0.717) is 6.61 Å². The Kier molecular flexibility index (Phi) is 3.58. The molecule has 0 saturated carbocycles. The summed E-state index contributed by atoms with van der Waals surface area (Å²) >= 11 is 0. The van der Waals surface area contributed by atoms with Crippen LogP contribution in [-0.4, -0.2) is 32.8 Å². The Morgan fingerprint density at radius 1 is 1.23 bits per heavy atom. The number of aliphatic hydroxyl groups is 1. The third-order valence-corrected chi connectivity index (χ3v) is 1.44. The van der Waals surface area contributed by atoms with Crippen molar-refractivity contribution in [2.24, 2.45) is 0 Å². The third-order valence-electron chi connectivity index (χ3n) is 1.44. The van der Waals surface area contributed by atoms with Gasteiger partial charge in [-0.05, 0) is 5.56 Å². The van der Waals surface area contributed by atoms with Crippen LogP contribution in [0.3, 0.4) is 0 Å². The standard InChI is InChI=1S/C9H10B2O2/c10-9(11,12)7-13-6-8-4-2-1-3-5-8/h1-5,12H,6-7H2. The third kappa shape index (κ3) is 4.76. The minimum atomic E-state index is -1.74. The first-order chi connectivity index (χ1) is 6.08. The van der Waals surface area contributed by atoms with Crippen LogP contribution < -0.4 is 0 Å². The Morgan fingerprint density at radius 3 is 2.38 bits per heavy atom. The van der Waals surface area contributed by atoms with Crippen LogP contribution in [0.5, 0.6) is 0 Å². The molecular formula is C9H10B2O2. The van der Waals surface area contributed by atoms with Crippen molar-refractivity contribution in [3.8, 4) is 0 Å². The molecule has 0 spiro atoms. The van der Waals surface area contributed by atoms with Crippen molar-refractivity contribution in [1.82, 2.24) is 0 Å². The summed E-state index contributed by atoms with van der Waals surface area (Å²) in [5, 5.41) is 7.18. The van der Waals surface area contributed by atoms with E-state index in [1.54, 1.807) is 0 Å². The molecule has 1 aromatic carbocycles. The van der Waals surface area contributed by atoms with Gasteiger partial charge in [-0.15, -0.1) is 0 Å². The average Bonchev–Trinajstić information content (AvgIpc) is 2.04. The van der Waals surface area contributed by atoms with Gasteiger partial charge >= 0.3 is 0 Å². The molecule has 0 fully saturated rings. The molecule has 0 saturated heterocycles. The summed E-state index contributed by atoms with van der Waals surface area (Å²) in [7, 11) is 10.2. The van der Waals surface area contributed by atoms with Gasteiger partial charge in [0.25, 0.3) is 0 Å². The lowest BCUT2D eigenvalue weighted by atomic mass is 9.66. The molecule has 1 N–H and O–H groups in total. The number of rotatable bonds is 4. The van der Waals surface area contributed by atoms with E-state index in [-0.39, 0.29) is 6.61 Å². The number of ether oxygens (including phenoxy) is 1. The fraction of sp³-hybridized carbons (Fsp3) is 0.333. The van der Waals surface area contributed by atoms with Crippen molar-refractivity contribution >= 4 is 15.7 Å². The lowest BCUT2D eigenvalue weighted by Gasteiger charge is -2.17. The second kappa shape index (κ2) is 4.49. The molecule has 2 nitrogen and oxygen atoms in total. The molecule has 4 heteroatoms. The number of benzene rings is 1. The summed E-state index contributed by atoms with van der Waals surface area (Å²) in [6, 6.07) is 9.59. The molecule has 0 heterocycles. The summed E-state index contributed by atoms with van der Waals surface area (Å²) in [4.78, 5) is 0. The molecule has 0 aliphatic carbocycles. The maximum absolute atomic E-state index is 8.93. The Morgan fingerprint density at radius 2 is 1.85 bits per heavy atom. The van der Waals surface area contributed by atoms with Gasteiger partial charge < -0.3 is 9.84 Å². The van der Waals surface area contributed by atoms with Crippen LogP contribution in [0.25, 0.3) is 0 Å². The number of hydrogen-bond donors (Lipinski definition) is 1. The quantitative estimate of drug-likeness (QED) is 0.656. The molecule has 0 atom stereocenters. The van der Waals surface area contributed by atoms with E-state index < -0.39 is 5.40 Å². The van der Waals surface area contributed by atoms with Crippen LogP contribution in [0.2, 0.25) is 0 Å². The second-order valence-electron chi connectivity index (χ2n) is 2.97. The monoisotopic (exact) mass is 172 g/mol. The Bertz CT molecular complexity index is 244. The van der Waals surface area contributed by atoms with E-state index in [1.165, 1.54) is 0 Å². The first kappa shape index (κ1) is 10.4. The lowest BCUT2D eigenvalue weighted by molar-refractivity contribution is 0.0446. The van der Waals surface area contributed by atoms with Crippen LogP contribution in [-0.2, 0) is 11.3 Å². The van der Waals surface area contributed by atoms with Crippen LogP contribution in [0.4, 0.5) is 0 Å². The first-order valence-electron chi connectivity index (χ1n) is 4.00.